The van der Waals surface area contributed by atoms with Gasteiger partial charge >= 0.3 is 0 Å². The number of hydrogen-bond donors (Lipinski definition) is 2. The Morgan fingerprint density at radius 1 is 1.19 bits per heavy atom. The van der Waals surface area contributed by atoms with Gasteiger partial charge in [0.05, 0.1) is 16.3 Å². The Hall–Kier alpha value is -2.38. The van der Waals surface area contributed by atoms with Crippen LogP contribution in [-0.2, 0) is 15.0 Å². The first kappa shape index (κ1) is 18.4. The quantitative estimate of drug-likeness (QED) is 0.304. The molecule has 3 rings (SSSR count). The number of imide groups is 1. The number of carbonyl (C=O) groups is 2. The van der Waals surface area contributed by atoms with Crippen molar-refractivity contribution in [3.8, 4) is 0 Å². The summed E-state index contributed by atoms with van der Waals surface area (Å²) in [6.45, 7) is 1.70. The fourth-order valence-electron chi connectivity index (χ4n) is 3.93. The van der Waals surface area contributed by atoms with Crippen molar-refractivity contribution >= 4 is 78.6 Å². The van der Waals surface area contributed by atoms with Crippen LogP contribution in [0.3, 0.4) is 0 Å². The molecule has 2 heterocycles. The summed E-state index contributed by atoms with van der Waals surface area (Å²) in [5.41, 5.74) is 7.11. The molecule has 0 spiro atoms. The van der Waals surface area contributed by atoms with Crippen molar-refractivity contribution in [3.05, 3.63) is 22.2 Å². The zero-order chi connectivity index (χ0) is 19.6. The van der Waals surface area contributed by atoms with E-state index in [1.807, 2.05) is 37.5 Å². The largest absolute Gasteiger partial charge is 0.398 e. The number of benzene rings is 1. The van der Waals surface area contributed by atoms with E-state index in [4.69, 9.17) is 5.73 Å². The lowest BCUT2D eigenvalue weighted by Crippen LogP contribution is -2.66. The molecule has 128 valence electrons. The van der Waals surface area contributed by atoms with Crippen molar-refractivity contribution < 1.29 is 9.59 Å². The van der Waals surface area contributed by atoms with Gasteiger partial charge in [-0.25, -0.2) is 4.98 Å². The van der Waals surface area contributed by atoms with Crippen LogP contribution in [0.25, 0.3) is 10.9 Å². The van der Waals surface area contributed by atoms with Crippen molar-refractivity contribution in [2.75, 3.05) is 5.73 Å². The highest BCUT2D eigenvalue weighted by Gasteiger charge is 2.53. The van der Waals surface area contributed by atoms with Gasteiger partial charge in [-0.1, -0.05) is 22.2 Å². The van der Waals surface area contributed by atoms with Gasteiger partial charge in [-0.15, -0.1) is 0 Å². The molecule has 2 amide bonds. The number of rotatable bonds is 1. The molecule has 26 heavy (non-hydrogen) atoms. The molecule has 3 N–H and O–H groups in total. The third kappa shape index (κ3) is 2.27. The summed E-state index contributed by atoms with van der Waals surface area (Å²) in [5.74, 6) is -0.440. The Labute approximate surface area is 155 Å². The Morgan fingerprint density at radius 2 is 1.81 bits per heavy atom. The summed E-state index contributed by atoms with van der Waals surface area (Å²) < 4.78 is 1.40. The molecule has 1 aliphatic rings. The fourth-order valence-corrected chi connectivity index (χ4v) is 3.93. The van der Waals surface area contributed by atoms with Crippen molar-refractivity contribution in [1.82, 2.24) is 14.9 Å². The minimum atomic E-state index is -1.27. The van der Waals surface area contributed by atoms with E-state index in [2.05, 4.69) is 10.3 Å². The van der Waals surface area contributed by atoms with E-state index < -0.39 is 16.6 Å². The van der Waals surface area contributed by atoms with Crippen LogP contribution in [0.4, 0.5) is 5.69 Å². The molecule has 0 radical (unpaired) electrons. The molecule has 1 aliphatic heterocycles. The zero-order valence-corrected chi connectivity index (χ0v) is 16.0. The predicted octanol–water partition coefficient (Wildman–Crippen LogP) is -6.48. The van der Waals surface area contributed by atoms with Crippen LogP contribution in [-0.4, -0.2) is 60.6 Å². The smallest absolute Gasteiger partial charge is 0.263 e. The minimum absolute atomic E-state index is 0.126. The highest BCUT2D eigenvalue weighted by molar-refractivity contribution is 6.50. The van der Waals surface area contributed by atoms with Gasteiger partial charge < -0.3 is 5.73 Å². The average Bonchev–Trinajstić information content (AvgIpc) is 2.49. The third-order valence-electron chi connectivity index (χ3n) is 5.81. The van der Waals surface area contributed by atoms with Crippen molar-refractivity contribution in [2.24, 2.45) is 0 Å². The van der Waals surface area contributed by atoms with E-state index in [0.717, 1.165) is 10.9 Å². The van der Waals surface area contributed by atoms with E-state index in [1.165, 1.54) is 4.57 Å². The highest BCUT2D eigenvalue weighted by atomic mass is 16.2. The fraction of sp³-hybridized carbons (Fsp3) is 0.286. The van der Waals surface area contributed by atoms with Crippen LogP contribution < -0.4 is 27.5 Å². The average molecular weight is 345 g/mol. The third-order valence-corrected chi connectivity index (χ3v) is 5.81. The van der Waals surface area contributed by atoms with Crippen LogP contribution in [0.5, 0.6) is 0 Å². The van der Waals surface area contributed by atoms with Crippen LogP contribution in [0.15, 0.2) is 10.9 Å². The topological polar surface area (TPSA) is 107 Å². The standard InChI is InChI=1S/C14H19B5N4O3/c1-4-21-10-6(16)2-5(15)9(20)8(10)11(25)23(4)14(19)12(26)22-7(24)3-13(14,17)18/h2H,3,15-20H2,1H3,(H,22,24,26). The van der Waals surface area contributed by atoms with Crippen molar-refractivity contribution in [3.63, 3.8) is 0 Å². The van der Waals surface area contributed by atoms with Gasteiger partial charge in [-0.3, -0.25) is 24.3 Å². The lowest BCUT2D eigenvalue weighted by atomic mass is 9.37. The second kappa shape index (κ2) is 5.56. The highest BCUT2D eigenvalue weighted by Crippen LogP contribution is 2.42. The maximum Gasteiger partial charge on any atom is 0.263 e. The van der Waals surface area contributed by atoms with E-state index in [0.29, 0.717) is 22.4 Å². The second-order valence-electron chi connectivity index (χ2n) is 7.96. The normalized spacial score (nSPS) is 22.3. The molecule has 1 aromatic heterocycles. The molecule has 0 saturated carbocycles. The van der Waals surface area contributed by atoms with Gasteiger partial charge in [0.1, 0.15) is 45.1 Å². The van der Waals surface area contributed by atoms with Gasteiger partial charge in [-0.05, 0) is 6.92 Å². The van der Waals surface area contributed by atoms with Crippen molar-refractivity contribution in [1.29, 1.82) is 0 Å². The first-order chi connectivity index (χ1) is 11.9. The number of anilines is 1. The number of aryl methyl sites for hydroxylation is 1. The van der Waals surface area contributed by atoms with Crippen LogP contribution >= 0.6 is 0 Å². The molecule has 1 fully saturated rings. The van der Waals surface area contributed by atoms with Gasteiger partial charge in [0, 0.05) is 12.1 Å². The molecular formula is C14H19B5N4O3. The molecule has 2 aromatic rings. The van der Waals surface area contributed by atoms with Crippen LogP contribution in [0.2, 0.25) is 5.21 Å². The summed E-state index contributed by atoms with van der Waals surface area (Å²) in [4.78, 5) is 42.8. The molecule has 1 saturated heterocycles. The second-order valence-corrected chi connectivity index (χ2v) is 7.96. The molecule has 1 aromatic carbocycles. The molecule has 0 bridgehead atoms. The Kier molecular flexibility index (Phi) is 3.94. The molecular weight excluding hydrogens is 326 g/mol. The number of carbonyl (C=O) groups excluding carboxylic acids is 2. The first-order valence-electron chi connectivity index (χ1n) is 8.55. The SMILES string of the molecule is Bc1cc(B)c2nc(C)n(C3(B)C(=O)NC(=O)CC3(B)B)c(=O)c2c1N. The number of amides is 2. The maximum atomic E-state index is 13.5. The summed E-state index contributed by atoms with van der Waals surface area (Å²) in [6.07, 6.45) is 0.126. The Morgan fingerprint density at radius 3 is 2.38 bits per heavy atom. The van der Waals surface area contributed by atoms with E-state index >= 15 is 0 Å². The molecule has 0 aliphatic carbocycles. The lowest BCUT2D eigenvalue weighted by molar-refractivity contribution is -0.138. The van der Waals surface area contributed by atoms with E-state index in [1.54, 1.807) is 14.8 Å². The summed E-state index contributed by atoms with van der Waals surface area (Å²) in [5, 5.41) is 1.91. The van der Waals surface area contributed by atoms with Crippen LogP contribution in [0, 0.1) is 6.92 Å². The number of piperidine rings is 1. The first-order valence-corrected chi connectivity index (χ1v) is 8.55. The van der Waals surface area contributed by atoms with Gasteiger partial charge in [-0.2, -0.15) is 0 Å². The lowest BCUT2D eigenvalue weighted by Gasteiger charge is -2.47. The summed E-state index contributed by atoms with van der Waals surface area (Å²) >= 11 is 0. The van der Waals surface area contributed by atoms with E-state index in [9.17, 15) is 14.4 Å². The zero-order valence-electron chi connectivity index (χ0n) is 16.0. The Balaban J connectivity index is 2.46. The number of nitrogens with zero attached hydrogens (tertiary/aromatic N) is 2. The molecule has 1 atom stereocenters. The molecule has 1 unspecified atom stereocenters. The van der Waals surface area contributed by atoms with Gasteiger partial charge in [0.25, 0.3) is 5.56 Å². The minimum Gasteiger partial charge on any atom is -0.398 e. The van der Waals surface area contributed by atoms with E-state index in [-0.39, 0.29) is 17.9 Å². The monoisotopic (exact) mass is 346 g/mol. The number of nitrogens with two attached hydrogens (primary N) is 1. The number of nitrogens with one attached hydrogen (secondary N) is 1. The van der Waals surface area contributed by atoms with Gasteiger partial charge in [0.2, 0.25) is 11.8 Å². The van der Waals surface area contributed by atoms with Gasteiger partial charge in [0.15, 0.2) is 0 Å². The number of hydrogen-bond acceptors (Lipinski definition) is 5. The van der Waals surface area contributed by atoms with Crippen molar-refractivity contribution in [2.45, 2.75) is 24.0 Å². The number of fused-ring (bicyclic) bond motifs is 1. The number of aromatic nitrogens is 2. The Bertz CT molecular complexity index is 1050. The number of nitrogen functional groups attached to an aromatic ring is 1. The molecule has 7 nitrogen and oxygen atoms in total. The maximum absolute atomic E-state index is 13.5. The van der Waals surface area contributed by atoms with Crippen LogP contribution in [0.1, 0.15) is 12.2 Å². The molecule has 12 heteroatoms. The predicted molar refractivity (Wildman–Crippen MR) is 116 cm³/mol. The summed E-state index contributed by atoms with van der Waals surface area (Å²) in [6, 6.07) is 1.89. The summed E-state index contributed by atoms with van der Waals surface area (Å²) in [7, 11) is 9.01.